The van der Waals surface area contributed by atoms with Crippen LogP contribution in [0.25, 0.3) is 5.76 Å². The molecule has 0 aliphatic carbocycles. The second kappa shape index (κ2) is 9.31. The number of ketones is 1. The second-order valence-corrected chi connectivity index (χ2v) is 8.04. The van der Waals surface area contributed by atoms with Crippen LogP contribution in [0.3, 0.4) is 0 Å². The molecule has 1 heterocycles. The van der Waals surface area contributed by atoms with Crippen molar-refractivity contribution in [2.45, 2.75) is 26.0 Å². The van der Waals surface area contributed by atoms with Gasteiger partial charge in [0.1, 0.15) is 17.3 Å². The molecule has 1 N–H and O–H groups in total. The number of likely N-dealkylation sites (tertiary alicyclic amines) is 1. The normalized spacial score (nSPS) is 18.3. The Labute approximate surface area is 181 Å². The van der Waals surface area contributed by atoms with Gasteiger partial charge < -0.3 is 19.6 Å². The Morgan fingerprint density at radius 1 is 1.10 bits per heavy atom. The summed E-state index contributed by atoms with van der Waals surface area (Å²) in [7, 11) is 3.73. The summed E-state index contributed by atoms with van der Waals surface area (Å²) in [5.74, 6) is -1.50. The lowest BCUT2D eigenvalue weighted by Gasteiger charge is -2.26. The number of halogens is 1. The van der Waals surface area contributed by atoms with Gasteiger partial charge in [0.05, 0.1) is 17.7 Å². The van der Waals surface area contributed by atoms with Crippen LogP contribution in [0.5, 0.6) is 5.75 Å². The molecule has 1 fully saturated rings. The van der Waals surface area contributed by atoms with Gasteiger partial charge in [0.15, 0.2) is 0 Å². The molecule has 1 saturated heterocycles. The first-order valence-electron chi connectivity index (χ1n) is 10.1. The van der Waals surface area contributed by atoms with Gasteiger partial charge in [-0.3, -0.25) is 9.59 Å². The van der Waals surface area contributed by atoms with E-state index >= 15 is 0 Å². The number of nitrogens with zero attached hydrogens (tertiary/aromatic N) is 2. The van der Waals surface area contributed by atoms with Crippen LogP contribution in [0.4, 0.5) is 4.39 Å². The van der Waals surface area contributed by atoms with Crippen LogP contribution in [-0.4, -0.2) is 59.9 Å². The van der Waals surface area contributed by atoms with E-state index < -0.39 is 23.5 Å². The van der Waals surface area contributed by atoms with Gasteiger partial charge in [-0.05, 0) is 69.9 Å². The van der Waals surface area contributed by atoms with Gasteiger partial charge in [0, 0.05) is 18.7 Å². The smallest absolute Gasteiger partial charge is 0.295 e. The van der Waals surface area contributed by atoms with Gasteiger partial charge in [-0.15, -0.1) is 0 Å². The average molecular weight is 426 g/mol. The molecule has 0 radical (unpaired) electrons. The number of amides is 1. The molecule has 0 bridgehead atoms. The van der Waals surface area contributed by atoms with Gasteiger partial charge >= 0.3 is 0 Å². The Balaban J connectivity index is 2.06. The van der Waals surface area contributed by atoms with Crippen molar-refractivity contribution >= 4 is 17.4 Å². The molecule has 0 saturated carbocycles. The number of hydrogen-bond acceptors (Lipinski definition) is 5. The van der Waals surface area contributed by atoms with Crippen molar-refractivity contribution in [3.63, 3.8) is 0 Å². The molecule has 1 aliphatic rings. The molecule has 0 spiro atoms. The lowest BCUT2D eigenvalue weighted by molar-refractivity contribution is -0.140. The lowest BCUT2D eigenvalue weighted by atomic mass is 9.95. The number of Topliss-reactive ketones (excluding diaryl/α,β-unsaturated/α-hetero) is 1. The Kier molecular flexibility index (Phi) is 6.75. The van der Waals surface area contributed by atoms with Gasteiger partial charge in [0.2, 0.25) is 0 Å². The minimum atomic E-state index is -0.799. The summed E-state index contributed by atoms with van der Waals surface area (Å²) in [6, 6.07) is 11.5. The maximum atomic E-state index is 13.5. The molecule has 0 aromatic heterocycles. The molecule has 1 aliphatic heterocycles. The van der Waals surface area contributed by atoms with Crippen molar-refractivity contribution in [1.82, 2.24) is 9.80 Å². The van der Waals surface area contributed by atoms with Crippen molar-refractivity contribution in [3.8, 4) is 5.75 Å². The monoisotopic (exact) mass is 426 g/mol. The molecule has 1 amide bonds. The highest BCUT2D eigenvalue weighted by Gasteiger charge is 2.45. The van der Waals surface area contributed by atoms with E-state index in [4.69, 9.17) is 4.74 Å². The van der Waals surface area contributed by atoms with E-state index in [1.165, 1.54) is 29.2 Å². The number of benzene rings is 2. The Morgan fingerprint density at radius 3 is 2.26 bits per heavy atom. The summed E-state index contributed by atoms with van der Waals surface area (Å²) in [5, 5.41) is 11.0. The maximum Gasteiger partial charge on any atom is 0.295 e. The Bertz CT molecular complexity index is 982. The summed E-state index contributed by atoms with van der Waals surface area (Å²) in [6.45, 7) is 4.64. The van der Waals surface area contributed by atoms with Crippen molar-refractivity contribution in [3.05, 3.63) is 71.0 Å². The van der Waals surface area contributed by atoms with Crippen molar-refractivity contribution < 1.29 is 23.8 Å². The third kappa shape index (κ3) is 4.94. The summed E-state index contributed by atoms with van der Waals surface area (Å²) in [4.78, 5) is 29.1. The Morgan fingerprint density at radius 2 is 1.71 bits per heavy atom. The molecule has 2 aromatic rings. The third-order valence-electron chi connectivity index (χ3n) is 5.01. The standard InChI is InChI=1S/C24H27FN2O4/c1-15(2)31-19-11-7-17(8-12-19)22(28)20-21(16-5-9-18(25)10-6-16)27(14-13-26(3)4)24(30)23(20)29/h5-12,15,21,28H,13-14H2,1-4H3. The molecule has 164 valence electrons. The van der Waals surface area contributed by atoms with Crippen LogP contribution in [-0.2, 0) is 9.59 Å². The summed E-state index contributed by atoms with van der Waals surface area (Å²) < 4.78 is 19.1. The lowest BCUT2D eigenvalue weighted by Crippen LogP contribution is -2.35. The molecule has 7 heteroatoms. The first-order chi connectivity index (χ1) is 14.7. The van der Waals surface area contributed by atoms with E-state index in [9.17, 15) is 19.1 Å². The molecule has 6 nitrogen and oxygen atoms in total. The van der Waals surface area contributed by atoms with E-state index in [1.807, 2.05) is 32.8 Å². The first kappa shape index (κ1) is 22.5. The van der Waals surface area contributed by atoms with E-state index in [1.54, 1.807) is 24.3 Å². The average Bonchev–Trinajstić information content (AvgIpc) is 2.97. The van der Waals surface area contributed by atoms with Crippen LogP contribution in [0, 0.1) is 5.82 Å². The predicted molar refractivity (Wildman–Crippen MR) is 116 cm³/mol. The van der Waals surface area contributed by atoms with Crippen LogP contribution in [0.15, 0.2) is 54.1 Å². The molecular formula is C24H27FN2O4. The van der Waals surface area contributed by atoms with Crippen molar-refractivity contribution in [1.29, 1.82) is 0 Å². The largest absolute Gasteiger partial charge is 0.507 e. The molecule has 1 unspecified atom stereocenters. The van der Waals surface area contributed by atoms with E-state index in [2.05, 4.69) is 0 Å². The first-order valence-corrected chi connectivity index (χ1v) is 10.1. The number of ether oxygens (including phenoxy) is 1. The highest BCUT2D eigenvalue weighted by molar-refractivity contribution is 6.46. The van der Waals surface area contributed by atoms with E-state index in [-0.39, 0.29) is 24.0 Å². The number of likely N-dealkylation sites (N-methyl/N-ethyl adjacent to an activating group) is 1. The number of carbonyl (C=O) groups is 2. The zero-order valence-electron chi connectivity index (χ0n) is 18.1. The zero-order chi connectivity index (χ0) is 22.7. The van der Waals surface area contributed by atoms with E-state index in [0.717, 1.165) is 0 Å². The number of rotatable bonds is 7. The van der Waals surface area contributed by atoms with Crippen molar-refractivity contribution in [2.75, 3.05) is 27.2 Å². The van der Waals surface area contributed by atoms with Crippen LogP contribution in [0.1, 0.15) is 31.0 Å². The van der Waals surface area contributed by atoms with Gasteiger partial charge in [-0.25, -0.2) is 4.39 Å². The number of carbonyl (C=O) groups excluding carboxylic acids is 2. The number of aliphatic hydroxyl groups excluding tert-OH is 1. The molecular weight excluding hydrogens is 399 g/mol. The van der Waals surface area contributed by atoms with Crippen LogP contribution in [0.2, 0.25) is 0 Å². The quantitative estimate of drug-likeness (QED) is 0.416. The summed E-state index contributed by atoms with van der Waals surface area (Å²) in [6.07, 6.45) is -0.0000514. The number of aliphatic hydroxyl groups is 1. The van der Waals surface area contributed by atoms with E-state index in [0.29, 0.717) is 23.4 Å². The minimum absolute atomic E-state index is 0.0000514. The highest BCUT2D eigenvalue weighted by Crippen LogP contribution is 2.39. The topological polar surface area (TPSA) is 70.1 Å². The molecule has 2 aromatic carbocycles. The van der Waals surface area contributed by atoms with Gasteiger partial charge in [-0.1, -0.05) is 12.1 Å². The van der Waals surface area contributed by atoms with Crippen molar-refractivity contribution in [2.24, 2.45) is 0 Å². The minimum Gasteiger partial charge on any atom is -0.507 e. The van der Waals surface area contributed by atoms with Crippen LogP contribution < -0.4 is 4.74 Å². The zero-order valence-corrected chi connectivity index (χ0v) is 18.1. The third-order valence-corrected chi connectivity index (χ3v) is 5.01. The second-order valence-electron chi connectivity index (χ2n) is 8.04. The fourth-order valence-electron chi connectivity index (χ4n) is 3.53. The fraction of sp³-hybridized carbons (Fsp3) is 0.333. The van der Waals surface area contributed by atoms with Gasteiger partial charge in [0.25, 0.3) is 11.7 Å². The highest BCUT2D eigenvalue weighted by atomic mass is 19.1. The Hall–Kier alpha value is -3.19. The predicted octanol–water partition coefficient (Wildman–Crippen LogP) is 3.60. The SMILES string of the molecule is CC(C)Oc1ccc(C(O)=C2C(=O)C(=O)N(CCN(C)C)C2c2ccc(F)cc2)cc1. The number of hydrogen-bond donors (Lipinski definition) is 1. The molecule has 3 rings (SSSR count). The maximum absolute atomic E-state index is 13.5. The van der Waals surface area contributed by atoms with Crippen LogP contribution >= 0.6 is 0 Å². The summed E-state index contributed by atoms with van der Waals surface area (Å²) >= 11 is 0. The molecule has 1 atom stereocenters. The molecule has 31 heavy (non-hydrogen) atoms. The fourth-order valence-corrected chi connectivity index (χ4v) is 3.53. The van der Waals surface area contributed by atoms with Gasteiger partial charge in [-0.2, -0.15) is 0 Å². The summed E-state index contributed by atoms with van der Waals surface area (Å²) in [5.41, 5.74) is 0.947.